The number of aromatic nitrogens is 2. The van der Waals surface area contributed by atoms with E-state index in [1.165, 1.54) is 42.4 Å². The summed E-state index contributed by atoms with van der Waals surface area (Å²) in [6.45, 7) is 3.04. The van der Waals surface area contributed by atoms with Gasteiger partial charge >= 0.3 is 6.36 Å². The van der Waals surface area contributed by atoms with Crippen LogP contribution in [0.15, 0.2) is 36.0 Å². The highest BCUT2D eigenvalue weighted by atomic mass is 32.1. The number of nitrogens with zero attached hydrogens (tertiary/aromatic N) is 3. The molecule has 0 radical (unpaired) electrons. The number of hydrazine groups is 1. The van der Waals surface area contributed by atoms with Gasteiger partial charge in [-0.15, -0.1) is 23.4 Å². The number of amides is 2. The molecule has 1 aliphatic rings. The van der Waals surface area contributed by atoms with E-state index in [-0.39, 0.29) is 24.1 Å². The SMILES string of the molecule is CNN(/C=C(\C)C(=O)NCc1cccc(OC(F)(F)F)c1)CCCCc1nnc(C(=O)NCC2CC2)s1. The number of carbonyl (C=O) groups excluding carboxylic acids is 2. The van der Waals surface area contributed by atoms with Crippen LogP contribution in [0.25, 0.3) is 0 Å². The first-order chi connectivity index (χ1) is 17.6. The third-order valence-corrected chi connectivity index (χ3v) is 6.51. The van der Waals surface area contributed by atoms with Crippen LogP contribution in [0, 0.1) is 5.92 Å². The Balaban J connectivity index is 1.39. The van der Waals surface area contributed by atoms with Crippen molar-refractivity contribution in [2.75, 3.05) is 20.1 Å². The summed E-state index contributed by atoms with van der Waals surface area (Å²) in [6.07, 6.45) is 1.57. The van der Waals surface area contributed by atoms with Crippen molar-refractivity contribution in [1.82, 2.24) is 31.3 Å². The lowest BCUT2D eigenvalue weighted by atomic mass is 10.2. The van der Waals surface area contributed by atoms with E-state index in [0.717, 1.165) is 17.8 Å². The number of hydrogen-bond donors (Lipinski definition) is 3. The quantitative estimate of drug-likeness (QED) is 0.191. The number of halogens is 3. The third-order valence-electron chi connectivity index (χ3n) is 5.53. The second-order valence-corrected chi connectivity index (χ2v) is 9.78. The fourth-order valence-electron chi connectivity index (χ4n) is 3.35. The first kappa shape index (κ1) is 28.4. The standard InChI is InChI=1S/C24H31F3N6O3S/c1-16(21(34)29-14-18-6-5-7-19(12-18)36-24(25,26)27)15-33(28-2)11-4-3-8-20-31-32-23(37-20)22(35)30-13-17-9-10-17/h5-7,12,15,17,28H,3-4,8-11,13-14H2,1-2H3,(H,29,34)(H,30,35)/b16-15+. The number of rotatable bonds is 14. The Morgan fingerprint density at radius 1 is 1.22 bits per heavy atom. The third kappa shape index (κ3) is 10.4. The van der Waals surface area contributed by atoms with Gasteiger partial charge in [0.25, 0.3) is 5.91 Å². The maximum absolute atomic E-state index is 12.4. The Morgan fingerprint density at radius 3 is 2.70 bits per heavy atom. The van der Waals surface area contributed by atoms with Crippen molar-refractivity contribution in [3.05, 3.63) is 51.6 Å². The average Bonchev–Trinajstić information content (AvgIpc) is 3.56. The molecular formula is C24H31F3N6O3S. The number of nitrogens with one attached hydrogen (secondary N) is 3. The van der Waals surface area contributed by atoms with E-state index in [0.29, 0.717) is 41.6 Å². The van der Waals surface area contributed by atoms with E-state index in [9.17, 15) is 22.8 Å². The lowest BCUT2D eigenvalue weighted by Gasteiger charge is -2.20. The van der Waals surface area contributed by atoms with Gasteiger partial charge in [-0.25, -0.2) is 5.43 Å². The maximum Gasteiger partial charge on any atom is 0.573 e. The highest BCUT2D eigenvalue weighted by molar-refractivity contribution is 7.13. The zero-order valence-corrected chi connectivity index (χ0v) is 21.5. The van der Waals surface area contributed by atoms with E-state index in [1.807, 2.05) is 0 Å². The number of ether oxygens (including phenoxy) is 1. The Kier molecular flexibility index (Phi) is 10.3. The highest BCUT2D eigenvalue weighted by Gasteiger charge is 2.31. The molecule has 0 saturated heterocycles. The van der Waals surface area contributed by atoms with Gasteiger partial charge in [-0.3, -0.25) is 9.59 Å². The molecule has 1 aliphatic carbocycles. The lowest BCUT2D eigenvalue weighted by molar-refractivity contribution is -0.274. The van der Waals surface area contributed by atoms with Gasteiger partial charge in [0.2, 0.25) is 10.9 Å². The molecule has 37 heavy (non-hydrogen) atoms. The van der Waals surface area contributed by atoms with Crippen molar-refractivity contribution < 1.29 is 27.5 Å². The molecule has 0 unspecified atom stereocenters. The molecule has 0 aliphatic heterocycles. The van der Waals surface area contributed by atoms with E-state index >= 15 is 0 Å². The molecule has 3 N–H and O–H groups in total. The minimum atomic E-state index is -4.77. The molecule has 1 fully saturated rings. The molecular weight excluding hydrogens is 509 g/mol. The Morgan fingerprint density at radius 2 is 2.00 bits per heavy atom. The molecule has 13 heteroatoms. The molecule has 0 bridgehead atoms. The monoisotopic (exact) mass is 540 g/mol. The van der Waals surface area contributed by atoms with Crippen molar-refractivity contribution in [3.63, 3.8) is 0 Å². The van der Waals surface area contributed by atoms with E-state index in [2.05, 4.69) is 31.0 Å². The number of hydrogen-bond acceptors (Lipinski definition) is 8. The van der Waals surface area contributed by atoms with Crippen molar-refractivity contribution in [2.45, 2.75) is 51.9 Å². The second-order valence-electron chi connectivity index (χ2n) is 8.72. The molecule has 2 aromatic rings. The van der Waals surface area contributed by atoms with E-state index < -0.39 is 6.36 Å². The van der Waals surface area contributed by atoms with Gasteiger partial charge in [0.1, 0.15) is 10.8 Å². The van der Waals surface area contributed by atoms with Gasteiger partial charge in [0.05, 0.1) is 0 Å². The molecule has 1 aromatic carbocycles. The Hall–Kier alpha value is -3.19. The van der Waals surface area contributed by atoms with Crippen LogP contribution in [-0.2, 0) is 17.8 Å². The number of alkyl halides is 3. The zero-order chi connectivity index (χ0) is 26.8. The fourth-order valence-corrected chi connectivity index (χ4v) is 4.14. The zero-order valence-electron chi connectivity index (χ0n) is 20.7. The number of benzene rings is 1. The first-order valence-electron chi connectivity index (χ1n) is 12.0. The molecule has 3 rings (SSSR count). The maximum atomic E-state index is 12.4. The van der Waals surface area contributed by atoms with Crippen molar-refractivity contribution in [3.8, 4) is 5.75 Å². The van der Waals surface area contributed by atoms with Gasteiger partial charge < -0.3 is 20.4 Å². The molecule has 1 saturated carbocycles. The smallest absolute Gasteiger partial charge is 0.406 e. The highest BCUT2D eigenvalue weighted by Crippen LogP contribution is 2.27. The van der Waals surface area contributed by atoms with Crippen molar-refractivity contribution >= 4 is 23.2 Å². The summed E-state index contributed by atoms with van der Waals surface area (Å²) in [5.41, 5.74) is 3.93. The van der Waals surface area contributed by atoms with Gasteiger partial charge in [0, 0.05) is 44.9 Å². The van der Waals surface area contributed by atoms with Gasteiger partial charge in [-0.2, -0.15) is 0 Å². The Bertz CT molecular complexity index is 1090. The van der Waals surface area contributed by atoms with Crippen LogP contribution in [-0.4, -0.2) is 53.5 Å². The van der Waals surface area contributed by atoms with Crippen LogP contribution < -0.4 is 20.8 Å². The van der Waals surface area contributed by atoms with Crippen LogP contribution in [0.5, 0.6) is 5.75 Å². The minimum Gasteiger partial charge on any atom is -0.406 e. The topological polar surface area (TPSA) is 108 Å². The van der Waals surface area contributed by atoms with Crippen LogP contribution in [0.2, 0.25) is 0 Å². The van der Waals surface area contributed by atoms with E-state index in [4.69, 9.17) is 0 Å². The minimum absolute atomic E-state index is 0.0566. The summed E-state index contributed by atoms with van der Waals surface area (Å²) in [5.74, 6) is -0.245. The summed E-state index contributed by atoms with van der Waals surface area (Å²) in [4.78, 5) is 24.5. The van der Waals surface area contributed by atoms with Crippen molar-refractivity contribution in [1.29, 1.82) is 0 Å². The normalized spacial score (nSPS) is 13.8. The fraction of sp³-hybridized carbons (Fsp3) is 0.500. The summed E-state index contributed by atoms with van der Waals surface area (Å²) >= 11 is 1.31. The molecule has 202 valence electrons. The molecule has 1 heterocycles. The first-order valence-corrected chi connectivity index (χ1v) is 12.8. The molecule has 0 atom stereocenters. The van der Waals surface area contributed by atoms with Gasteiger partial charge in [0.15, 0.2) is 0 Å². The summed E-state index contributed by atoms with van der Waals surface area (Å²) in [7, 11) is 1.74. The van der Waals surface area contributed by atoms with Crippen molar-refractivity contribution in [2.24, 2.45) is 5.92 Å². The van der Waals surface area contributed by atoms with Crippen LogP contribution in [0.4, 0.5) is 13.2 Å². The Labute approximate surface area is 217 Å². The van der Waals surface area contributed by atoms with Gasteiger partial charge in [-0.05, 0) is 56.2 Å². The molecule has 1 aromatic heterocycles. The average molecular weight is 541 g/mol. The summed E-state index contributed by atoms with van der Waals surface area (Å²) in [5, 5.41) is 16.6. The number of carbonyl (C=O) groups is 2. The number of aryl methyl sites for hydroxylation is 1. The van der Waals surface area contributed by atoms with Crippen LogP contribution in [0.3, 0.4) is 0 Å². The van der Waals surface area contributed by atoms with Gasteiger partial charge in [-0.1, -0.05) is 23.5 Å². The second kappa shape index (κ2) is 13.4. The molecule has 9 nitrogen and oxygen atoms in total. The summed E-state index contributed by atoms with van der Waals surface area (Å²) in [6, 6.07) is 5.46. The summed E-state index contributed by atoms with van der Waals surface area (Å²) < 4.78 is 41.1. The number of unbranched alkanes of at least 4 members (excludes halogenated alkanes) is 1. The van der Waals surface area contributed by atoms with Crippen LogP contribution >= 0.6 is 11.3 Å². The van der Waals surface area contributed by atoms with E-state index in [1.54, 1.807) is 31.2 Å². The molecule has 0 spiro atoms. The lowest BCUT2D eigenvalue weighted by Crippen LogP contribution is -2.33. The predicted molar refractivity (Wildman–Crippen MR) is 132 cm³/mol. The van der Waals surface area contributed by atoms with Crippen LogP contribution in [0.1, 0.15) is 53.0 Å². The largest absolute Gasteiger partial charge is 0.573 e. The predicted octanol–water partition coefficient (Wildman–Crippen LogP) is 3.56. The molecule has 2 amide bonds.